The minimum absolute atomic E-state index is 0.280. The van der Waals surface area contributed by atoms with Gasteiger partial charge in [0.2, 0.25) is 5.89 Å². The fourth-order valence-corrected chi connectivity index (χ4v) is 1.82. The number of hydrogen-bond donors (Lipinski definition) is 1. The van der Waals surface area contributed by atoms with Crippen molar-refractivity contribution >= 4 is 5.95 Å². The third-order valence-electron chi connectivity index (χ3n) is 2.91. The zero-order valence-electron chi connectivity index (χ0n) is 11.5. The Bertz CT molecular complexity index is 324. The van der Waals surface area contributed by atoms with E-state index in [1.165, 1.54) is 0 Å². The molecule has 2 atom stereocenters. The lowest BCUT2D eigenvalue weighted by molar-refractivity contribution is 0.316. The van der Waals surface area contributed by atoms with Crippen molar-refractivity contribution in [2.45, 2.75) is 45.6 Å². The maximum Gasteiger partial charge on any atom is 0.265 e. The molecule has 98 valence electrons. The molecule has 1 aromatic rings. The Balaban J connectivity index is 2.71. The van der Waals surface area contributed by atoms with Gasteiger partial charge in [0.05, 0.1) is 5.92 Å². The molecule has 0 spiro atoms. The summed E-state index contributed by atoms with van der Waals surface area (Å²) in [5.74, 6) is 1.65. The first-order chi connectivity index (χ1) is 8.10. The second-order valence-electron chi connectivity index (χ2n) is 4.58. The predicted octanol–water partition coefficient (Wildman–Crippen LogP) is 2.02. The van der Waals surface area contributed by atoms with Crippen LogP contribution >= 0.6 is 0 Å². The molecule has 1 rings (SSSR count). The monoisotopic (exact) mass is 240 g/mol. The smallest absolute Gasteiger partial charge is 0.265 e. The van der Waals surface area contributed by atoms with Gasteiger partial charge in [-0.3, -0.25) is 0 Å². The second-order valence-corrected chi connectivity index (χ2v) is 4.58. The molecule has 0 aliphatic carbocycles. The summed E-state index contributed by atoms with van der Waals surface area (Å²) in [5.41, 5.74) is 0. The predicted molar refractivity (Wildman–Crippen MR) is 69.4 cm³/mol. The second kappa shape index (κ2) is 6.59. The van der Waals surface area contributed by atoms with E-state index in [2.05, 4.69) is 36.2 Å². The molecule has 0 saturated carbocycles. The molecule has 0 fully saturated rings. The molecule has 0 aromatic carbocycles. The lowest BCUT2D eigenvalue weighted by Gasteiger charge is -2.20. The van der Waals surface area contributed by atoms with Gasteiger partial charge < -0.3 is 14.7 Å². The van der Waals surface area contributed by atoms with Crippen molar-refractivity contribution in [3.63, 3.8) is 0 Å². The van der Waals surface area contributed by atoms with Crippen LogP contribution in [0.25, 0.3) is 0 Å². The average Bonchev–Trinajstić information content (AvgIpc) is 2.77. The van der Waals surface area contributed by atoms with E-state index in [9.17, 15) is 0 Å². The summed E-state index contributed by atoms with van der Waals surface area (Å²) in [6.07, 6.45) is 2.13. The molecule has 1 aromatic heterocycles. The third-order valence-corrected chi connectivity index (χ3v) is 2.91. The first-order valence-corrected chi connectivity index (χ1v) is 6.34. The number of anilines is 1. The average molecular weight is 240 g/mol. The van der Waals surface area contributed by atoms with Crippen LogP contribution in [0.1, 0.15) is 45.4 Å². The van der Waals surface area contributed by atoms with E-state index in [0.29, 0.717) is 12.0 Å². The number of nitrogens with one attached hydrogen (secondary N) is 1. The molecule has 1 heterocycles. The van der Waals surface area contributed by atoms with Gasteiger partial charge in [-0.15, -0.1) is 0 Å². The Morgan fingerprint density at radius 3 is 2.53 bits per heavy atom. The molecular formula is C12H24N4O. The molecule has 0 saturated heterocycles. The molecule has 0 aliphatic rings. The summed E-state index contributed by atoms with van der Waals surface area (Å²) in [5, 5.41) is 7.44. The van der Waals surface area contributed by atoms with E-state index in [1.54, 1.807) is 0 Å². The van der Waals surface area contributed by atoms with Crippen molar-refractivity contribution in [2.75, 3.05) is 25.5 Å². The van der Waals surface area contributed by atoms with Gasteiger partial charge in [0.25, 0.3) is 5.95 Å². The van der Waals surface area contributed by atoms with Crippen LogP contribution in [0.15, 0.2) is 4.52 Å². The molecule has 0 radical (unpaired) electrons. The molecule has 0 amide bonds. The van der Waals surface area contributed by atoms with Crippen LogP contribution in [0.3, 0.4) is 0 Å². The summed E-state index contributed by atoms with van der Waals surface area (Å²) >= 11 is 0. The van der Waals surface area contributed by atoms with Gasteiger partial charge in [-0.25, -0.2) is 0 Å². The fraction of sp³-hybridized carbons (Fsp3) is 0.833. The van der Waals surface area contributed by atoms with Gasteiger partial charge in [0.1, 0.15) is 0 Å². The van der Waals surface area contributed by atoms with Crippen molar-refractivity contribution in [2.24, 2.45) is 0 Å². The molecule has 5 nitrogen and oxygen atoms in total. The molecule has 0 aliphatic heterocycles. The normalized spacial score (nSPS) is 14.6. The Hall–Kier alpha value is -1.10. The van der Waals surface area contributed by atoms with Crippen LogP contribution in [-0.4, -0.2) is 36.8 Å². The molecule has 17 heavy (non-hydrogen) atoms. The van der Waals surface area contributed by atoms with Crippen LogP contribution in [0.4, 0.5) is 5.95 Å². The summed E-state index contributed by atoms with van der Waals surface area (Å²) in [6, 6.07) is 0.357. The van der Waals surface area contributed by atoms with Crippen molar-refractivity contribution in [3.05, 3.63) is 5.89 Å². The number of rotatable bonds is 7. The Kier molecular flexibility index (Phi) is 5.41. The van der Waals surface area contributed by atoms with Crippen molar-refractivity contribution in [3.8, 4) is 0 Å². The third kappa shape index (κ3) is 3.70. The molecule has 5 heteroatoms. The van der Waals surface area contributed by atoms with E-state index >= 15 is 0 Å². The number of nitrogens with zero attached hydrogens (tertiary/aromatic N) is 3. The van der Waals surface area contributed by atoms with Gasteiger partial charge in [0.15, 0.2) is 0 Å². The first kappa shape index (κ1) is 14.0. The van der Waals surface area contributed by atoms with Gasteiger partial charge in [-0.1, -0.05) is 13.8 Å². The van der Waals surface area contributed by atoms with Crippen LogP contribution < -0.4 is 10.2 Å². The van der Waals surface area contributed by atoms with Gasteiger partial charge in [0, 0.05) is 20.1 Å². The summed E-state index contributed by atoms with van der Waals surface area (Å²) in [4.78, 5) is 6.27. The van der Waals surface area contributed by atoms with E-state index in [-0.39, 0.29) is 5.92 Å². The lowest BCUT2D eigenvalue weighted by atomic mass is 9.98. The summed E-state index contributed by atoms with van der Waals surface area (Å²) < 4.78 is 5.34. The van der Waals surface area contributed by atoms with Crippen LogP contribution in [0.2, 0.25) is 0 Å². The zero-order chi connectivity index (χ0) is 12.8. The molecule has 1 N–H and O–H groups in total. The van der Waals surface area contributed by atoms with Crippen LogP contribution in [-0.2, 0) is 0 Å². The highest BCUT2D eigenvalue weighted by molar-refractivity contribution is 5.24. The fourth-order valence-electron chi connectivity index (χ4n) is 1.82. The van der Waals surface area contributed by atoms with E-state index in [1.807, 2.05) is 19.0 Å². The summed E-state index contributed by atoms with van der Waals surface area (Å²) in [6.45, 7) is 7.50. The number of aromatic nitrogens is 2. The SMILES string of the molecule is CCCNC(C)C(CC)c1nc(N(C)C)no1. The van der Waals surface area contributed by atoms with E-state index < -0.39 is 0 Å². The Morgan fingerprint density at radius 2 is 2.06 bits per heavy atom. The maximum absolute atomic E-state index is 5.34. The van der Waals surface area contributed by atoms with Gasteiger partial charge >= 0.3 is 0 Å². The lowest BCUT2D eigenvalue weighted by Crippen LogP contribution is -2.32. The van der Waals surface area contributed by atoms with Crippen LogP contribution in [0.5, 0.6) is 0 Å². The van der Waals surface area contributed by atoms with Gasteiger partial charge in [-0.2, -0.15) is 4.98 Å². The summed E-state index contributed by atoms with van der Waals surface area (Å²) in [7, 11) is 3.82. The van der Waals surface area contributed by atoms with Crippen molar-refractivity contribution < 1.29 is 4.52 Å². The topological polar surface area (TPSA) is 54.2 Å². The van der Waals surface area contributed by atoms with E-state index in [0.717, 1.165) is 25.3 Å². The number of hydrogen-bond acceptors (Lipinski definition) is 5. The highest BCUT2D eigenvalue weighted by atomic mass is 16.5. The largest absolute Gasteiger partial charge is 0.344 e. The highest BCUT2D eigenvalue weighted by Gasteiger charge is 2.23. The van der Waals surface area contributed by atoms with E-state index in [4.69, 9.17) is 4.52 Å². The van der Waals surface area contributed by atoms with Crippen LogP contribution in [0, 0.1) is 0 Å². The van der Waals surface area contributed by atoms with Crippen molar-refractivity contribution in [1.82, 2.24) is 15.5 Å². The molecular weight excluding hydrogens is 216 g/mol. The minimum Gasteiger partial charge on any atom is -0.344 e. The zero-order valence-corrected chi connectivity index (χ0v) is 11.5. The van der Waals surface area contributed by atoms with Crippen molar-refractivity contribution in [1.29, 1.82) is 0 Å². The molecule has 0 bridgehead atoms. The van der Waals surface area contributed by atoms with Gasteiger partial charge in [-0.05, 0) is 31.5 Å². The first-order valence-electron chi connectivity index (χ1n) is 6.34. The maximum atomic E-state index is 5.34. The standard InChI is InChI=1S/C12H24N4O/c1-6-8-13-9(3)10(7-2)11-14-12(15-17-11)16(4)5/h9-10,13H,6-8H2,1-5H3. The highest BCUT2D eigenvalue weighted by Crippen LogP contribution is 2.23. The Morgan fingerprint density at radius 1 is 1.35 bits per heavy atom. The minimum atomic E-state index is 0.280. The Labute approximate surface area is 104 Å². The quantitative estimate of drug-likeness (QED) is 0.790. The molecule has 2 unspecified atom stereocenters.